The number of carbonyl (C=O) groups excluding carboxylic acids is 3. The maximum absolute atomic E-state index is 12.7. The van der Waals surface area contributed by atoms with Crippen molar-refractivity contribution in [2.75, 3.05) is 41.0 Å². The Morgan fingerprint density at radius 1 is 0.500 bits per heavy atom. The molecule has 0 aromatic carbocycles. The van der Waals surface area contributed by atoms with Crippen molar-refractivity contribution in [3.05, 3.63) is 12.2 Å². The third kappa shape index (κ3) is 39.5. The van der Waals surface area contributed by atoms with E-state index >= 15 is 0 Å². The van der Waals surface area contributed by atoms with Gasteiger partial charge in [0.2, 0.25) is 0 Å². The predicted molar refractivity (Wildman–Crippen MR) is 241 cm³/mol. The van der Waals surface area contributed by atoms with E-state index in [1.807, 2.05) is 0 Å². The summed E-state index contributed by atoms with van der Waals surface area (Å²) in [7, 11) is 5.42. The fraction of sp³-hybridized carbons (Fsp3) is 0.900. The van der Waals surface area contributed by atoms with Crippen LogP contribution in [0, 0.1) is 0 Å². The van der Waals surface area contributed by atoms with Crippen LogP contribution in [0.5, 0.6) is 0 Å². The number of carboxylic acids is 1. The van der Waals surface area contributed by atoms with Gasteiger partial charge >= 0.3 is 11.9 Å². The summed E-state index contributed by atoms with van der Waals surface area (Å²) in [4.78, 5) is 37.0. The van der Waals surface area contributed by atoms with Crippen molar-refractivity contribution in [3.63, 3.8) is 0 Å². The van der Waals surface area contributed by atoms with E-state index in [2.05, 4.69) is 26.0 Å². The molecule has 8 heteroatoms. The standard InChI is InChI=1S/C50H95NO7/c1-6-8-10-12-14-16-18-20-22-24-25-27-28-30-32-34-36-38-40-48(52)57-45-46(44-56-43-42-47(50(54)55)51(3,4)5)58-49(53)41-39-37-35-33-31-29-26-23-21-19-17-15-13-11-9-7-2/h23,26,46-47H,6-22,24-25,27-45H2,1-5H3/b26-23+. The molecule has 0 fully saturated rings. The number of carbonyl (C=O) groups is 3. The Balaban J connectivity index is 4.25. The molecule has 2 unspecified atom stereocenters. The summed E-state index contributed by atoms with van der Waals surface area (Å²) in [5.74, 6) is -1.73. The van der Waals surface area contributed by atoms with Gasteiger partial charge in [-0.1, -0.05) is 193 Å². The highest BCUT2D eigenvalue weighted by Gasteiger charge is 2.25. The molecule has 342 valence electrons. The first-order chi connectivity index (χ1) is 28.1. The van der Waals surface area contributed by atoms with Crippen LogP contribution in [-0.4, -0.2) is 75.5 Å². The number of aliphatic carboxylic acids is 1. The topological polar surface area (TPSA) is 102 Å². The normalized spacial score (nSPS) is 12.9. The molecule has 0 aliphatic rings. The molecule has 0 amide bonds. The quantitative estimate of drug-likeness (QED) is 0.0261. The number of ether oxygens (including phenoxy) is 3. The van der Waals surface area contributed by atoms with Gasteiger partial charge in [0.1, 0.15) is 12.6 Å². The van der Waals surface area contributed by atoms with E-state index in [0.29, 0.717) is 12.8 Å². The molecule has 0 spiro atoms. The van der Waals surface area contributed by atoms with Crippen LogP contribution >= 0.6 is 0 Å². The highest BCUT2D eigenvalue weighted by molar-refractivity contribution is 5.70. The number of unbranched alkanes of at least 4 members (excludes halogenated alkanes) is 29. The molecule has 0 saturated heterocycles. The first-order valence-electron chi connectivity index (χ1n) is 24.7. The summed E-state index contributed by atoms with van der Waals surface area (Å²) in [6.07, 6.45) is 45.2. The molecule has 8 nitrogen and oxygen atoms in total. The van der Waals surface area contributed by atoms with Crippen molar-refractivity contribution in [2.45, 2.75) is 251 Å². The van der Waals surface area contributed by atoms with E-state index in [-0.39, 0.29) is 42.7 Å². The lowest BCUT2D eigenvalue weighted by Gasteiger charge is -2.34. The SMILES string of the molecule is CCCCCCCCC/C=C/CCCCCCCC(=O)OC(COCCC(C(=O)[O-])[N+](C)(C)C)COC(=O)CCCCCCCCCCCCCCCCCCCC. The van der Waals surface area contributed by atoms with Crippen LogP contribution in [0.2, 0.25) is 0 Å². The van der Waals surface area contributed by atoms with Crippen molar-refractivity contribution in [1.29, 1.82) is 0 Å². The largest absolute Gasteiger partial charge is 0.544 e. The molecule has 0 aliphatic carbocycles. The number of hydrogen-bond acceptors (Lipinski definition) is 7. The first kappa shape index (κ1) is 56.1. The van der Waals surface area contributed by atoms with Gasteiger partial charge in [0.25, 0.3) is 0 Å². The monoisotopic (exact) mass is 822 g/mol. The molecule has 0 aliphatic heterocycles. The number of likely N-dealkylation sites (N-methyl/N-ethyl adjacent to an activating group) is 1. The van der Waals surface area contributed by atoms with Crippen molar-refractivity contribution in [3.8, 4) is 0 Å². The molecule has 0 aromatic rings. The fourth-order valence-electron chi connectivity index (χ4n) is 7.54. The van der Waals surface area contributed by atoms with Crippen LogP contribution in [0.1, 0.15) is 239 Å². The smallest absolute Gasteiger partial charge is 0.306 e. The van der Waals surface area contributed by atoms with Gasteiger partial charge in [-0.05, 0) is 38.5 Å². The summed E-state index contributed by atoms with van der Waals surface area (Å²) in [5, 5.41) is 11.6. The predicted octanol–water partition coefficient (Wildman–Crippen LogP) is 12.5. The molecule has 58 heavy (non-hydrogen) atoms. The Hall–Kier alpha value is -1.93. The Kier molecular flexibility index (Phi) is 40.4. The van der Waals surface area contributed by atoms with Crippen molar-refractivity contribution < 1.29 is 38.2 Å². The van der Waals surface area contributed by atoms with Crippen LogP contribution in [0.25, 0.3) is 0 Å². The average molecular weight is 822 g/mol. The van der Waals surface area contributed by atoms with Crippen LogP contribution in [0.4, 0.5) is 0 Å². The lowest BCUT2D eigenvalue weighted by molar-refractivity contribution is -0.889. The minimum atomic E-state index is -1.12. The zero-order chi connectivity index (χ0) is 42.8. The minimum absolute atomic E-state index is 0.0433. The molecule has 0 rings (SSSR count). The minimum Gasteiger partial charge on any atom is -0.544 e. The van der Waals surface area contributed by atoms with Gasteiger partial charge < -0.3 is 28.6 Å². The van der Waals surface area contributed by atoms with Crippen LogP contribution in [-0.2, 0) is 28.6 Å². The van der Waals surface area contributed by atoms with Crippen molar-refractivity contribution >= 4 is 17.9 Å². The number of esters is 2. The number of allylic oxidation sites excluding steroid dienone is 2. The van der Waals surface area contributed by atoms with E-state index in [1.54, 1.807) is 21.1 Å². The van der Waals surface area contributed by atoms with Gasteiger partial charge in [0.15, 0.2) is 6.10 Å². The molecule has 0 saturated carbocycles. The van der Waals surface area contributed by atoms with Gasteiger partial charge in [-0.25, -0.2) is 0 Å². The maximum atomic E-state index is 12.7. The van der Waals surface area contributed by atoms with Gasteiger partial charge in [0, 0.05) is 19.3 Å². The fourth-order valence-corrected chi connectivity index (χ4v) is 7.54. The lowest BCUT2D eigenvalue weighted by atomic mass is 10.0. The molecule has 0 bridgehead atoms. The van der Waals surface area contributed by atoms with Crippen LogP contribution < -0.4 is 5.11 Å². The average Bonchev–Trinajstić information content (AvgIpc) is 3.18. The summed E-state index contributed by atoms with van der Waals surface area (Å²) >= 11 is 0. The molecule has 0 aromatic heterocycles. The summed E-state index contributed by atoms with van der Waals surface area (Å²) in [6, 6.07) is -0.723. The first-order valence-corrected chi connectivity index (χ1v) is 24.7. The molecule has 2 atom stereocenters. The van der Waals surface area contributed by atoms with Crippen molar-refractivity contribution in [2.24, 2.45) is 0 Å². The highest BCUT2D eigenvalue weighted by atomic mass is 16.6. The Morgan fingerprint density at radius 2 is 0.862 bits per heavy atom. The van der Waals surface area contributed by atoms with Gasteiger partial charge in [-0.2, -0.15) is 0 Å². The molecular weight excluding hydrogens is 727 g/mol. The number of quaternary nitrogens is 1. The van der Waals surface area contributed by atoms with Gasteiger partial charge in [0.05, 0.1) is 40.3 Å². The maximum Gasteiger partial charge on any atom is 0.306 e. The van der Waals surface area contributed by atoms with E-state index in [4.69, 9.17) is 14.2 Å². The summed E-state index contributed by atoms with van der Waals surface area (Å²) in [6.45, 7) is 4.69. The highest BCUT2D eigenvalue weighted by Crippen LogP contribution is 2.16. The van der Waals surface area contributed by atoms with E-state index in [9.17, 15) is 19.5 Å². The van der Waals surface area contributed by atoms with Gasteiger partial charge in [-0.3, -0.25) is 9.59 Å². The van der Waals surface area contributed by atoms with Crippen LogP contribution in [0.15, 0.2) is 12.2 Å². The summed E-state index contributed by atoms with van der Waals surface area (Å²) in [5.41, 5.74) is 0. The third-order valence-corrected chi connectivity index (χ3v) is 11.4. The zero-order valence-corrected chi connectivity index (χ0v) is 39.0. The lowest BCUT2D eigenvalue weighted by Crippen LogP contribution is -2.55. The van der Waals surface area contributed by atoms with Crippen molar-refractivity contribution in [1.82, 2.24) is 0 Å². The zero-order valence-electron chi connectivity index (χ0n) is 39.0. The molecule has 0 N–H and O–H groups in total. The number of hydrogen-bond donors (Lipinski definition) is 0. The van der Waals surface area contributed by atoms with E-state index in [0.717, 1.165) is 51.4 Å². The van der Waals surface area contributed by atoms with E-state index < -0.39 is 18.1 Å². The molecular formula is C50H95NO7. The van der Waals surface area contributed by atoms with Gasteiger partial charge in [-0.15, -0.1) is 0 Å². The molecule has 0 heterocycles. The second kappa shape index (κ2) is 41.8. The number of nitrogens with zero attached hydrogens (tertiary/aromatic N) is 1. The number of rotatable bonds is 45. The van der Waals surface area contributed by atoms with E-state index in [1.165, 1.54) is 154 Å². The Morgan fingerprint density at radius 3 is 1.24 bits per heavy atom. The second-order valence-corrected chi connectivity index (χ2v) is 18.1. The third-order valence-electron chi connectivity index (χ3n) is 11.4. The molecule has 0 radical (unpaired) electrons. The Labute approximate surface area is 359 Å². The second-order valence-electron chi connectivity index (χ2n) is 18.1. The van der Waals surface area contributed by atoms with Crippen LogP contribution in [0.3, 0.4) is 0 Å². The summed E-state index contributed by atoms with van der Waals surface area (Å²) < 4.78 is 17.2. The Bertz CT molecular complexity index is 962. The number of carboxylic acid groups (broad SMARTS) is 1.